The van der Waals surface area contributed by atoms with E-state index in [1.165, 1.54) is 36.4 Å². The van der Waals surface area contributed by atoms with Crippen LogP contribution in [0.25, 0.3) is 10.9 Å². The molecule has 9 nitrogen and oxygen atoms in total. The molecule has 28 heavy (non-hydrogen) atoms. The molecule has 4 N–H and O–H groups in total. The number of carboxylic acids is 1. The molecule has 0 unspecified atom stereocenters. The number of nitrogens with one attached hydrogen (secondary N) is 2. The SMILES string of the molecule is CC(C)NS(=O)(=O)c1ccc2[nH]c(O)c(N=Nc3cccc(C(=O)O)c3)c2c1. The second kappa shape index (κ2) is 7.41. The lowest BCUT2D eigenvalue weighted by Gasteiger charge is -2.09. The Morgan fingerprint density at radius 3 is 2.57 bits per heavy atom. The highest BCUT2D eigenvalue weighted by atomic mass is 32.2. The maximum Gasteiger partial charge on any atom is 0.335 e. The summed E-state index contributed by atoms with van der Waals surface area (Å²) < 4.78 is 27.3. The van der Waals surface area contributed by atoms with Gasteiger partial charge >= 0.3 is 5.97 Å². The molecule has 3 aromatic rings. The second-order valence-electron chi connectivity index (χ2n) is 6.36. The van der Waals surface area contributed by atoms with Crippen LogP contribution in [-0.2, 0) is 10.0 Å². The summed E-state index contributed by atoms with van der Waals surface area (Å²) >= 11 is 0. The third-order valence-electron chi connectivity index (χ3n) is 3.78. The quantitative estimate of drug-likeness (QED) is 0.465. The number of aromatic hydroxyl groups is 1. The first-order valence-corrected chi connectivity index (χ1v) is 9.78. The second-order valence-corrected chi connectivity index (χ2v) is 8.08. The van der Waals surface area contributed by atoms with Gasteiger partial charge < -0.3 is 15.2 Å². The van der Waals surface area contributed by atoms with Crippen molar-refractivity contribution in [3.8, 4) is 5.88 Å². The molecule has 0 amide bonds. The monoisotopic (exact) mass is 402 g/mol. The number of aromatic carboxylic acids is 1. The molecule has 10 heteroatoms. The predicted octanol–water partition coefficient (Wildman–Crippen LogP) is 3.67. The molecule has 2 aromatic carbocycles. The number of benzene rings is 2. The van der Waals surface area contributed by atoms with E-state index in [2.05, 4.69) is 19.9 Å². The van der Waals surface area contributed by atoms with E-state index in [0.717, 1.165) is 0 Å². The first-order chi connectivity index (χ1) is 13.2. The van der Waals surface area contributed by atoms with Gasteiger partial charge in [-0.25, -0.2) is 17.9 Å². The highest BCUT2D eigenvalue weighted by Crippen LogP contribution is 2.37. The number of rotatable bonds is 6. The lowest BCUT2D eigenvalue weighted by atomic mass is 10.2. The number of sulfonamides is 1. The molecule has 0 bridgehead atoms. The number of hydrogen-bond acceptors (Lipinski definition) is 6. The summed E-state index contributed by atoms with van der Waals surface area (Å²) in [7, 11) is -3.72. The van der Waals surface area contributed by atoms with Crippen molar-refractivity contribution in [1.29, 1.82) is 0 Å². The van der Waals surface area contributed by atoms with Crippen molar-refractivity contribution in [2.75, 3.05) is 0 Å². The molecule has 0 aliphatic carbocycles. The fraction of sp³-hybridized carbons (Fsp3) is 0.167. The molecular weight excluding hydrogens is 384 g/mol. The molecule has 146 valence electrons. The Balaban J connectivity index is 2.04. The molecule has 0 aliphatic rings. The summed E-state index contributed by atoms with van der Waals surface area (Å²) in [4.78, 5) is 13.8. The van der Waals surface area contributed by atoms with Crippen LogP contribution in [0.2, 0.25) is 0 Å². The van der Waals surface area contributed by atoms with Gasteiger partial charge in [0, 0.05) is 11.4 Å². The van der Waals surface area contributed by atoms with E-state index in [0.29, 0.717) is 10.9 Å². The fourth-order valence-electron chi connectivity index (χ4n) is 2.60. The summed E-state index contributed by atoms with van der Waals surface area (Å²) in [5.41, 5.74) is 0.859. The summed E-state index contributed by atoms with van der Waals surface area (Å²) in [5, 5.41) is 27.5. The van der Waals surface area contributed by atoms with Crippen LogP contribution in [0.4, 0.5) is 11.4 Å². The molecule has 0 spiro atoms. The van der Waals surface area contributed by atoms with Gasteiger partial charge in [0.1, 0.15) is 0 Å². The Hall–Kier alpha value is -3.24. The average molecular weight is 402 g/mol. The number of hydrogen-bond donors (Lipinski definition) is 4. The normalized spacial score (nSPS) is 12.2. The van der Waals surface area contributed by atoms with Gasteiger partial charge in [-0.1, -0.05) is 6.07 Å². The van der Waals surface area contributed by atoms with E-state index in [-0.39, 0.29) is 33.8 Å². The van der Waals surface area contributed by atoms with Crippen LogP contribution < -0.4 is 4.72 Å². The smallest absolute Gasteiger partial charge is 0.335 e. The highest BCUT2D eigenvalue weighted by molar-refractivity contribution is 7.89. The number of aromatic amines is 1. The maximum absolute atomic E-state index is 12.4. The summed E-state index contributed by atoms with van der Waals surface area (Å²) in [5.74, 6) is -1.38. The predicted molar refractivity (Wildman–Crippen MR) is 103 cm³/mol. The van der Waals surface area contributed by atoms with Crippen LogP contribution in [0.5, 0.6) is 5.88 Å². The number of carbonyl (C=O) groups is 1. The Morgan fingerprint density at radius 2 is 1.89 bits per heavy atom. The van der Waals surface area contributed by atoms with E-state index < -0.39 is 16.0 Å². The lowest BCUT2D eigenvalue weighted by molar-refractivity contribution is 0.0697. The number of H-pyrrole nitrogens is 1. The van der Waals surface area contributed by atoms with Crippen LogP contribution in [0, 0.1) is 0 Å². The molecule has 1 heterocycles. The average Bonchev–Trinajstić information content (AvgIpc) is 2.93. The Kier molecular flexibility index (Phi) is 5.16. The maximum atomic E-state index is 12.4. The zero-order valence-corrected chi connectivity index (χ0v) is 15.9. The standard InChI is InChI=1S/C18H18N4O5S/c1-10(2)22-28(26,27)13-6-7-15-14(9-13)16(17(23)19-15)21-20-12-5-3-4-11(8-12)18(24)25/h3-10,19,22-23H,1-2H3,(H,24,25). The fourth-order valence-corrected chi connectivity index (χ4v) is 3.88. The van der Waals surface area contributed by atoms with Crippen molar-refractivity contribution in [2.45, 2.75) is 24.8 Å². The van der Waals surface area contributed by atoms with Crippen LogP contribution in [0.3, 0.4) is 0 Å². The third-order valence-corrected chi connectivity index (χ3v) is 5.44. The Bertz CT molecular complexity index is 1180. The van der Waals surface area contributed by atoms with Crippen molar-refractivity contribution in [2.24, 2.45) is 10.2 Å². The minimum atomic E-state index is -3.72. The van der Waals surface area contributed by atoms with Crippen molar-refractivity contribution in [3.63, 3.8) is 0 Å². The largest absolute Gasteiger partial charge is 0.493 e. The summed E-state index contributed by atoms with van der Waals surface area (Å²) in [6, 6.07) is 9.89. The summed E-state index contributed by atoms with van der Waals surface area (Å²) in [6.07, 6.45) is 0. The van der Waals surface area contributed by atoms with Gasteiger partial charge in [0.2, 0.25) is 15.9 Å². The van der Waals surface area contributed by atoms with Crippen molar-refractivity contribution < 1.29 is 23.4 Å². The molecule has 0 saturated carbocycles. The molecule has 0 atom stereocenters. The van der Waals surface area contributed by atoms with Crippen LogP contribution in [0.15, 0.2) is 57.6 Å². The molecular formula is C18H18N4O5S. The van der Waals surface area contributed by atoms with Gasteiger partial charge in [-0.2, -0.15) is 5.11 Å². The molecule has 1 aromatic heterocycles. The topological polar surface area (TPSA) is 144 Å². The van der Waals surface area contributed by atoms with E-state index >= 15 is 0 Å². The number of azo groups is 1. The Labute approximate surface area is 160 Å². The van der Waals surface area contributed by atoms with Crippen LogP contribution >= 0.6 is 0 Å². The van der Waals surface area contributed by atoms with Gasteiger partial charge in [-0.3, -0.25) is 0 Å². The lowest BCUT2D eigenvalue weighted by Crippen LogP contribution is -2.30. The Morgan fingerprint density at radius 1 is 1.14 bits per heavy atom. The zero-order chi connectivity index (χ0) is 20.5. The van der Waals surface area contributed by atoms with E-state index in [9.17, 15) is 18.3 Å². The minimum absolute atomic E-state index is 0.0250. The number of fused-ring (bicyclic) bond motifs is 1. The van der Waals surface area contributed by atoms with Gasteiger partial charge in [-0.15, -0.1) is 5.11 Å². The number of carboxylic acid groups (broad SMARTS) is 1. The molecule has 0 aliphatic heterocycles. The van der Waals surface area contributed by atoms with Crippen molar-refractivity contribution in [3.05, 3.63) is 48.0 Å². The molecule has 0 saturated heterocycles. The number of aromatic nitrogens is 1. The molecule has 0 radical (unpaired) electrons. The van der Waals surface area contributed by atoms with E-state index in [1.807, 2.05) is 0 Å². The van der Waals surface area contributed by atoms with Crippen LogP contribution in [0.1, 0.15) is 24.2 Å². The van der Waals surface area contributed by atoms with Gasteiger partial charge in [0.15, 0.2) is 5.69 Å². The van der Waals surface area contributed by atoms with Crippen LogP contribution in [-0.4, -0.2) is 35.6 Å². The molecule has 0 fully saturated rings. The summed E-state index contributed by atoms with van der Waals surface area (Å²) in [6.45, 7) is 3.42. The first-order valence-electron chi connectivity index (χ1n) is 8.29. The van der Waals surface area contributed by atoms with Gasteiger partial charge in [-0.05, 0) is 50.2 Å². The third kappa shape index (κ3) is 4.02. The van der Waals surface area contributed by atoms with Gasteiger partial charge in [0.05, 0.1) is 21.7 Å². The van der Waals surface area contributed by atoms with Gasteiger partial charge in [0.25, 0.3) is 0 Å². The minimum Gasteiger partial charge on any atom is -0.493 e. The van der Waals surface area contributed by atoms with Crippen molar-refractivity contribution >= 4 is 38.3 Å². The molecule has 3 rings (SSSR count). The zero-order valence-electron chi connectivity index (χ0n) is 15.0. The van der Waals surface area contributed by atoms with E-state index in [4.69, 9.17) is 5.11 Å². The number of nitrogens with zero attached hydrogens (tertiary/aromatic N) is 2. The highest BCUT2D eigenvalue weighted by Gasteiger charge is 2.18. The first kappa shape index (κ1) is 19.5. The van der Waals surface area contributed by atoms with Crippen molar-refractivity contribution in [1.82, 2.24) is 9.71 Å². The van der Waals surface area contributed by atoms with E-state index in [1.54, 1.807) is 19.9 Å².